The van der Waals surface area contributed by atoms with Gasteiger partial charge >= 0.3 is 17.9 Å². The number of nitrogens with zero attached hydrogens (tertiary/aromatic N) is 1. The van der Waals surface area contributed by atoms with Crippen molar-refractivity contribution < 1.29 is 33.5 Å². The van der Waals surface area contributed by atoms with E-state index in [0.29, 0.717) is 6.42 Å². The summed E-state index contributed by atoms with van der Waals surface area (Å²) in [7, 11) is 1.49. The number of rotatable bonds is 4. The van der Waals surface area contributed by atoms with Crippen molar-refractivity contribution in [3.05, 3.63) is 11.6 Å². The lowest BCUT2D eigenvalue weighted by Crippen LogP contribution is -2.65. The summed E-state index contributed by atoms with van der Waals surface area (Å²) in [5, 5.41) is 4.22. The number of allylic oxidation sites excluding steroid dienone is 2. The summed E-state index contributed by atoms with van der Waals surface area (Å²) in [5.74, 6) is -1.24. The third-order valence-corrected chi connectivity index (χ3v) is 12.9. The summed E-state index contributed by atoms with van der Waals surface area (Å²) < 4.78 is 11.0. The lowest BCUT2D eigenvalue weighted by molar-refractivity contribution is -0.191. The number of ether oxygens (including phenoxy) is 2. The lowest BCUT2D eigenvalue weighted by Gasteiger charge is -2.68. The highest BCUT2D eigenvalue weighted by molar-refractivity contribution is 5.96. The van der Waals surface area contributed by atoms with Crippen LogP contribution in [0.2, 0.25) is 0 Å². The van der Waals surface area contributed by atoms with Crippen LogP contribution in [-0.2, 0) is 33.5 Å². The molecular formula is C34H49NO7. The van der Waals surface area contributed by atoms with E-state index in [1.807, 2.05) is 6.08 Å². The second kappa shape index (κ2) is 10.3. The molecule has 5 rings (SSSR count). The van der Waals surface area contributed by atoms with Gasteiger partial charge in [-0.2, -0.15) is 0 Å². The van der Waals surface area contributed by atoms with Crippen LogP contribution in [-0.4, -0.2) is 43.1 Å². The molecule has 0 aliphatic heterocycles. The number of oxime groups is 1. The van der Waals surface area contributed by atoms with Gasteiger partial charge in [0.1, 0.15) is 0 Å². The minimum absolute atomic E-state index is 0.0503. The normalized spacial score (nSPS) is 43.1. The van der Waals surface area contributed by atoms with Crippen LogP contribution >= 0.6 is 0 Å². The summed E-state index contributed by atoms with van der Waals surface area (Å²) in [6.45, 7) is 14.4. The first-order valence-corrected chi connectivity index (χ1v) is 15.8. The van der Waals surface area contributed by atoms with Gasteiger partial charge in [0.2, 0.25) is 0 Å². The van der Waals surface area contributed by atoms with Crippen LogP contribution in [0.1, 0.15) is 106 Å². The summed E-state index contributed by atoms with van der Waals surface area (Å²) >= 11 is 0. The average molecular weight is 584 g/mol. The van der Waals surface area contributed by atoms with Gasteiger partial charge in [0, 0.05) is 25.7 Å². The number of carbonyl (C=O) groups is 4. The molecule has 0 aromatic carbocycles. The highest BCUT2D eigenvalue weighted by Gasteiger charge is 2.70. The molecule has 5 aliphatic carbocycles. The number of ketones is 1. The third kappa shape index (κ3) is 4.49. The van der Waals surface area contributed by atoms with E-state index in [1.54, 1.807) is 0 Å². The van der Waals surface area contributed by atoms with E-state index < -0.39 is 11.4 Å². The predicted molar refractivity (Wildman–Crippen MR) is 157 cm³/mol. The fourth-order valence-electron chi connectivity index (χ4n) is 10.5. The van der Waals surface area contributed by atoms with Gasteiger partial charge < -0.3 is 14.3 Å². The molecule has 0 amide bonds. The van der Waals surface area contributed by atoms with Crippen LogP contribution in [0.3, 0.4) is 0 Å². The predicted octanol–water partition coefficient (Wildman–Crippen LogP) is 6.21. The van der Waals surface area contributed by atoms with Gasteiger partial charge in [0.15, 0.2) is 5.78 Å². The zero-order chi connectivity index (χ0) is 30.9. The second-order valence-electron chi connectivity index (χ2n) is 15.4. The fraction of sp³-hybridized carbons (Fsp3) is 0.794. The molecule has 0 saturated heterocycles. The van der Waals surface area contributed by atoms with Crippen molar-refractivity contribution >= 4 is 29.4 Å². The van der Waals surface area contributed by atoms with Crippen molar-refractivity contribution in [3.63, 3.8) is 0 Å². The van der Waals surface area contributed by atoms with Gasteiger partial charge in [-0.3, -0.25) is 14.4 Å². The van der Waals surface area contributed by atoms with E-state index in [9.17, 15) is 19.2 Å². The maximum absolute atomic E-state index is 14.5. The number of methoxy groups -OCH3 is 1. The first kappa shape index (κ1) is 30.9. The average Bonchev–Trinajstić information content (AvgIpc) is 2.91. The van der Waals surface area contributed by atoms with E-state index in [0.717, 1.165) is 57.1 Å². The Hall–Kier alpha value is -2.51. The summed E-state index contributed by atoms with van der Waals surface area (Å²) in [6.07, 6.45) is 9.21. The Balaban J connectivity index is 1.58. The standard InChI is InChI=1S/C34H49NO7/c1-20(36)41-19-22-23-9-12-32(6)27(31(23,5)11-10-25(22)35-42-21(2)37)17-26(38)28-24-18-30(3,4)13-15-34(24,29(39)40-8)16-14-33(28,32)7/h17,22-24,28H,9-16,18-19H2,1-8H3/t22?,23-,24-,28-,31-,32+,33+,34-/m0/s1. The number of fused-ring (bicyclic) bond motifs is 7. The molecule has 8 atom stereocenters. The molecule has 1 unspecified atom stereocenters. The maximum atomic E-state index is 14.5. The van der Waals surface area contributed by atoms with Crippen molar-refractivity contribution in [1.82, 2.24) is 0 Å². The number of esters is 2. The largest absolute Gasteiger partial charge is 0.469 e. The number of carbonyl (C=O) groups excluding carboxylic acids is 4. The SMILES string of the molecule is COC(=O)[C@]12CCC(C)(C)C[C@H]1[C@H]1C(=O)C=C3[C@@]4(C)CCC(=NOC(C)=O)C(COC(C)=O)[C@@H]4CC[C@@]3(C)[C@]1(C)CC2. The lowest BCUT2D eigenvalue weighted by atomic mass is 9.34. The smallest absolute Gasteiger partial charge is 0.331 e. The molecule has 0 aromatic heterocycles. The van der Waals surface area contributed by atoms with Crippen LogP contribution in [0.25, 0.3) is 0 Å². The van der Waals surface area contributed by atoms with Gasteiger partial charge in [-0.05, 0) is 97.4 Å². The third-order valence-electron chi connectivity index (χ3n) is 12.9. The van der Waals surface area contributed by atoms with E-state index in [2.05, 4.69) is 39.8 Å². The minimum atomic E-state index is -0.602. The summed E-state index contributed by atoms with van der Waals surface area (Å²) in [5.41, 5.74) is 0.574. The van der Waals surface area contributed by atoms with Gasteiger partial charge in [-0.25, -0.2) is 4.79 Å². The Labute approximate surface area is 250 Å². The molecule has 0 heterocycles. The summed E-state index contributed by atoms with van der Waals surface area (Å²) in [6, 6.07) is 0. The van der Waals surface area contributed by atoms with E-state index in [-0.39, 0.29) is 69.7 Å². The Morgan fingerprint density at radius 1 is 0.929 bits per heavy atom. The van der Waals surface area contributed by atoms with Crippen LogP contribution in [0.5, 0.6) is 0 Å². The van der Waals surface area contributed by atoms with Crippen molar-refractivity contribution in [2.75, 3.05) is 13.7 Å². The van der Waals surface area contributed by atoms with E-state index in [4.69, 9.17) is 14.3 Å². The Morgan fingerprint density at radius 3 is 2.26 bits per heavy atom. The Morgan fingerprint density at radius 2 is 1.62 bits per heavy atom. The minimum Gasteiger partial charge on any atom is -0.469 e. The van der Waals surface area contributed by atoms with Crippen molar-refractivity contribution in [1.29, 1.82) is 0 Å². The maximum Gasteiger partial charge on any atom is 0.331 e. The molecular weight excluding hydrogens is 534 g/mol. The molecule has 0 bridgehead atoms. The van der Waals surface area contributed by atoms with Gasteiger partial charge in [0.05, 0.1) is 24.8 Å². The zero-order valence-electron chi connectivity index (χ0n) is 26.8. The molecule has 0 spiro atoms. The Bertz CT molecular complexity index is 1250. The molecule has 8 heteroatoms. The molecule has 8 nitrogen and oxygen atoms in total. The molecule has 4 fully saturated rings. The molecule has 5 aliphatic rings. The molecule has 4 saturated carbocycles. The Kier molecular flexibility index (Phi) is 7.58. The van der Waals surface area contributed by atoms with Crippen LogP contribution < -0.4 is 0 Å². The monoisotopic (exact) mass is 583 g/mol. The topological polar surface area (TPSA) is 108 Å². The molecule has 0 aromatic rings. The highest BCUT2D eigenvalue weighted by atomic mass is 16.7. The van der Waals surface area contributed by atoms with Crippen molar-refractivity contribution in [3.8, 4) is 0 Å². The first-order chi connectivity index (χ1) is 19.5. The molecule has 232 valence electrons. The van der Waals surface area contributed by atoms with Gasteiger partial charge in [0.25, 0.3) is 0 Å². The summed E-state index contributed by atoms with van der Waals surface area (Å²) in [4.78, 5) is 56.5. The van der Waals surface area contributed by atoms with Crippen LogP contribution in [0.4, 0.5) is 0 Å². The number of hydrogen-bond donors (Lipinski definition) is 0. The van der Waals surface area contributed by atoms with E-state index in [1.165, 1.54) is 26.5 Å². The van der Waals surface area contributed by atoms with E-state index >= 15 is 0 Å². The van der Waals surface area contributed by atoms with Gasteiger partial charge in [-0.15, -0.1) is 0 Å². The van der Waals surface area contributed by atoms with Crippen LogP contribution in [0.15, 0.2) is 16.8 Å². The van der Waals surface area contributed by atoms with Crippen molar-refractivity contribution in [2.24, 2.45) is 55.9 Å². The molecule has 0 radical (unpaired) electrons. The van der Waals surface area contributed by atoms with Gasteiger partial charge in [-0.1, -0.05) is 45.3 Å². The number of hydrogen-bond acceptors (Lipinski definition) is 8. The quantitative estimate of drug-likeness (QED) is 0.220. The molecule has 42 heavy (non-hydrogen) atoms. The zero-order valence-corrected chi connectivity index (χ0v) is 26.8. The highest BCUT2D eigenvalue weighted by Crippen LogP contribution is 2.74. The van der Waals surface area contributed by atoms with Crippen molar-refractivity contribution in [2.45, 2.75) is 106 Å². The fourth-order valence-corrected chi connectivity index (χ4v) is 10.5. The first-order valence-electron chi connectivity index (χ1n) is 15.8. The second-order valence-corrected chi connectivity index (χ2v) is 15.4. The van der Waals surface area contributed by atoms with Crippen LogP contribution in [0, 0.1) is 50.7 Å². The molecule has 0 N–H and O–H groups in total.